The monoisotopic (exact) mass is 525 g/mol. The third-order valence-electron chi connectivity index (χ3n) is 5.85. The van der Waals surface area contributed by atoms with Crippen LogP contribution in [-0.4, -0.2) is 50.5 Å². The summed E-state index contributed by atoms with van der Waals surface area (Å²) in [6, 6.07) is 20.9. The van der Waals surface area contributed by atoms with Gasteiger partial charge in [-0.05, 0) is 49.2 Å². The van der Waals surface area contributed by atoms with Crippen molar-refractivity contribution in [1.82, 2.24) is 10.2 Å². The molecule has 0 aliphatic heterocycles. The molecule has 3 rings (SSSR count). The van der Waals surface area contributed by atoms with E-state index in [9.17, 15) is 22.4 Å². The van der Waals surface area contributed by atoms with Crippen molar-refractivity contribution >= 4 is 27.5 Å². The summed E-state index contributed by atoms with van der Waals surface area (Å²) in [5.74, 6) is -1.41. The molecule has 1 N–H and O–H groups in total. The number of aryl methyl sites for hydroxylation is 1. The Morgan fingerprint density at radius 1 is 0.946 bits per heavy atom. The fourth-order valence-electron chi connectivity index (χ4n) is 4.07. The SMILES string of the molecule is CCNC(=O)C(Cc1ccccc1)N(Cc1cccc(C)c1)C(=O)CN(c1ccc(F)cc1)S(C)(=O)=O. The highest BCUT2D eigenvalue weighted by atomic mass is 32.2. The molecule has 2 amide bonds. The fraction of sp³-hybridized carbons (Fsp3) is 0.286. The van der Waals surface area contributed by atoms with E-state index in [1.54, 1.807) is 6.92 Å². The molecule has 0 aromatic heterocycles. The quantitative estimate of drug-likeness (QED) is 0.414. The standard InChI is InChI=1S/C28H32FN3O4S/c1-4-30-28(34)26(18-22-10-6-5-7-11-22)31(19-23-12-8-9-21(2)17-23)27(33)20-32(37(3,35)36)25-15-13-24(29)14-16-25/h5-17,26H,4,18-20H2,1-3H3,(H,30,34). The number of likely N-dealkylation sites (N-methyl/N-ethyl adjacent to an activating group) is 1. The number of hydrogen-bond donors (Lipinski definition) is 1. The van der Waals surface area contributed by atoms with Crippen LogP contribution in [0.4, 0.5) is 10.1 Å². The summed E-state index contributed by atoms with van der Waals surface area (Å²) in [5.41, 5.74) is 2.82. The Kier molecular flexibility index (Phi) is 9.41. The molecule has 0 radical (unpaired) electrons. The number of carbonyl (C=O) groups is 2. The maximum absolute atomic E-state index is 13.8. The van der Waals surface area contributed by atoms with Crippen LogP contribution in [-0.2, 0) is 32.6 Å². The van der Waals surface area contributed by atoms with Gasteiger partial charge in [-0.25, -0.2) is 12.8 Å². The van der Waals surface area contributed by atoms with Crippen molar-refractivity contribution in [1.29, 1.82) is 0 Å². The van der Waals surface area contributed by atoms with Crippen LogP contribution in [0, 0.1) is 12.7 Å². The lowest BCUT2D eigenvalue weighted by Gasteiger charge is -2.33. The predicted molar refractivity (Wildman–Crippen MR) is 143 cm³/mol. The number of sulfonamides is 1. The molecule has 37 heavy (non-hydrogen) atoms. The molecular weight excluding hydrogens is 493 g/mol. The van der Waals surface area contributed by atoms with E-state index in [2.05, 4.69) is 5.32 Å². The summed E-state index contributed by atoms with van der Waals surface area (Å²) in [6.07, 6.45) is 1.24. The molecule has 7 nitrogen and oxygen atoms in total. The molecule has 0 spiro atoms. The lowest BCUT2D eigenvalue weighted by atomic mass is 10.0. The zero-order chi connectivity index (χ0) is 27.0. The zero-order valence-corrected chi connectivity index (χ0v) is 22.0. The Morgan fingerprint density at radius 3 is 2.19 bits per heavy atom. The normalized spacial score (nSPS) is 12.0. The Bertz CT molecular complexity index is 1310. The van der Waals surface area contributed by atoms with Crippen LogP contribution >= 0.6 is 0 Å². The van der Waals surface area contributed by atoms with Crippen LogP contribution in [0.15, 0.2) is 78.9 Å². The maximum Gasteiger partial charge on any atom is 0.244 e. The van der Waals surface area contributed by atoms with Crippen molar-refractivity contribution < 1.29 is 22.4 Å². The zero-order valence-electron chi connectivity index (χ0n) is 21.2. The van der Waals surface area contributed by atoms with Crippen molar-refractivity contribution in [2.75, 3.05) is 23.7 Å². The van der Waals surface area contributed by atoms with Gasteiger partial charge in [-0.15, -0.1) is 0 Å². The van der Waals surface area contributed by atoms with E-state index in [1.165, 1.54) is 17.0 Å². The molecule has 3 aromatic carbocycles. The number of nitrogens with one attached hydrogen (secondary N) is 1. The number of benzene rings is 3. The molecule has 0 fully saturated rings. The smallest absolute Gasteiger partial charge is 0.244 e. The predicted octanol–water partition coefficient (Wildman–Crippen LogP) is 3.68. The third-order valence-corrected chi connectivity index (χ3v) is 6.99. The lowest BCUT2D eigenvalue weighted by molar-refractivity contribution is -0.140. The maximum atomic E-state index is 13.8. The minimum Gasteiger partial charge on any atom is -0.355 e. The second-order valence-electron chi connectivity index (χ2n) is 8.86. The van der Waals surface area contributed by atoms with Gasteiger partial charge in [-0.3, -0.25) is 13.9 Å². The van der Waals surface area contributed by atoms with Gasteiger partial charge in [0.15, 0.2) is 0 Å². The Hall–Kier alpha value is -3.72. The van der Waals surface area contributed by atoms with E-state index < -0.39 is 34.3 Å². The highest BCUT2D eigenvalue weighted by molar-refractivity contribution is 7.92. The summed E-state index contributed by atoms with van der Waals surface area (Å²) in [5, 5.41) is 2.81. The molecule has 3 aromatic rings. The van der Waals surface area contributed by atoms with E-state index in [0.717, 1.165) is 39.4 Å². The second-order valence-corrected chi connectivity index (χ2v) is 10.8. The van der Waals surface area contributed by atoms with Crippen molar-refractivity contribution in [3.63, 3.8) is 0 Å². The van der Waals surface area contributed by atoms with Gasteiger partial charge in [0.05, 0.1) is 11.9 Å². The molecule has 0 heterocycles. The number of hydrogen-bond acceptors (Lipinski definition) is 4. The number of rotatable bonds is 11. The average molecular weight is 526 g/mol. The third kappa shape index (κ3) is 7.88. The van der Waals surface area contributed by atoms with E-state index in [4.69, 9.17) is 0 Å². The first-order chi connectivity index (χ1) is 17.6. The van der Waals surface area contributed by atoms with Gasteiger partial charge in [0.1, 0.15) is 18.4 Å². The van der Waals surface area contributed by atoms with Crippen LogP contribution in [0.2, 0.25) is 0 Å². The Balaban J connectivity index is 2.03. The number of carbonyl (C=O) groups excluding carboxylic acids is 2. The van der Waals surface area contributed by atoms with Crippen LogP contribution < -0.4 is 9.62 Å². The first-order valence-corrected chi connectivity index (χ1v) is 13.8. The van der Waals surface area contributed by atoms with Crippen molar-refractivity contribution in [3.05, 3.63) is 101 Å². The minimum atomic E-state index is -3.89. The first kappa shape index (κ1) is 27.9. The minimum absolute atomic E-state index is 0.107. The van der Waals surface area contributed by atoms with E-state index >= 15 is 0 Å². The van der Waals surface area contributed by atoms with Crippen molar-refractivity contribution in [3.8, 4) is 0 Å². The molecule has 9 heteroatoms. The lowest BCUT2D eigenvalue weighted by Crippen LogP contribution is -2.53. The van der Waals surface area contributed by atoms with Gasteiger partial charge in [0.2, 0.25) is 21.8 Å². The second kappa shape index (κ2) is 12.5. The molecule has 196 valence electrons. The number of halogens is 1. The van der Waals surface area contributed by atoms with Gasteiger partial charge >= 0.3 is 0 Å². The van der Waals surface area contributed by atoms with Gasteiger partial charge in [0.25, 0.3) is 0 Å². The van der Waals surface area contributed by atoms with E-state index in [-0.39, 0.29) is 24.6 Å². The van der Waals surface area contributed by atoms with Gasteiger partial charge < -0.3 is 10.2 Å². The summed E-state index contributed by atoms with van der Waals surface area (Å²) >= 11 is 0. The van der Waals surface area contributed by atoms with E-state index in [0.29, 0.717) is 6.54 Å². The van der Waals surface area contributed by atoms with Crippen LogP contribution in [0.3, 0.4) is 0 Å². The van der Waals surface area contributed by atoms with Crippen molar-refractivity contribution in [2.45, 2.75) is 32.9 Å². The molecule has 0 saturated heterocycles. The van der Waals surface area contributed by atoms with Gasteiger partial charge in [0, 0.05) is 19.5 Å². The summed E-state index contributed by atoms with van der Waals surface area (Å²) in [7, 11) is -3.89. The molecule has 0 aliphatic rings. The topological polar surface area (TPSA) is 86.8 Å². The number of amides is 2. The van der Waals surface area contributed by atoms with Gasteiger partial charge in [-0.1, -0.05) is 60.2 Å². The average Bonchev–Trinajstić information content (AvgIpc) is 2.85. The molecule has 0 saturated carbocycles. The van der Waals surface area contributed by atoms with Crippen molar-refractivity contribution in [2.24, 2.45) is 0 Å². The largest absolute Gasteiger partial charge is 0.355 e. The molecule has 0 aliphatic carbocycles. The number of nitrogens with zero attached hydrogens (tertiary/aromatic N) is 2. The van der Waals surface area contributed by atoms with Crippen LogP contribution in [0.25, 0.3) is 0 Å². The van der Waals surface area contributed by atoms with Crippen LogP contribution in [0.5, 0.6) is 0 Å². The first-order valence-electron chi connectivity index (χ1n) is 12.0. The molecule has 1 atom stereocenters. The summed E-state index contributed by atoms with van der Waals surface area (Å²) < 4.78 is 39.7. The summed E-state index contributed by atoms with van der Waals surface area (Å²) in [6.45, 7) is 3.67. The number of anilines is 1. The Labute approximate surface area is 218 Å². The molecular formula is C28H32FN3O4S. The highest BCUT2D eigenvalue weighted by Gasteiger charge is 2.32. The fourth-order valence-corrected chi connectivity index (χ4v) is 4.92. The highest BCUT2D eigenvalue weighted by Crippen LogP contribution is 2.21. The van der Waals surface area contributed by atoms with E-state index in [1.807, 2.05) is 61.5 Å². The Morgan fingerprint density at radius 2 is 1.59 bits per heavy atom. The summed E-state index contributed by atoms with van der Waals surface area (Å²) in [4.78, 5) is 28.5. The molecule has 0 bridgehead atoms. The van der Waals surface area contributed by atoms with Gasteiger partial charge in [-0.2, -0.15) is 0 Å². The molecule has 1 unspecified atom stereocenters. The van der Waals surface area contributed by atoms with Crippen LogP contribution in [0.1, 0.15) is 23.6 Å².